The van der Waals surface area contributed by atoms with E-state index in [1.165, 1.54) is 0 Å². The summed E-state index contributed by atoms with van der Waals surface area (Å²) in [6.45, 7) is 5.29. The molecule has 2 nitrogen and oxygen atoms in total. The van der Waals surface area contributed by atoms with Crippen molar-refractivity contribution in [1.82, 2.24) is 0 Å². The molecule has 0 aromatic heterocycles. The van der Waals surface area contributed by atoms with Crippen molar-refractivity contribution < 1.29 is 10.2 Å². The quantitative estimate of drug-likeness (QED) is 0.541. The van der Waals surface area contributed by atoms with Crippen LogP contribution in [0, 0.1) is 20.8 Å². The summed E-state index contributed by atoms with van der Waals surface area (Å²) < 4.78 is 0. The first kappa shape index (κ1) is 10.2. The van der Waals surface area contributed by atoms with Gasteiger partial charge in [-0.2, -0.15) is 0 Å². The zero-order chi connectivity index (χ0) is 10.2. The van der Waals surface area contributed by atoms with Crippen molar-refractivity contribution in [3.8, 4) is 11.5 Å². The lowest BCUT2D eigenvalue weighted by Gasteiger charge is -2.13. The highest BCUT2D eigenvalue weighted by Gasteiger charge is 2.14. The molecular formula is C10H13ClO2. The van der Waals surface area contributed by atoms with E-state index >= 15 is 0 Å². The van der Waals surface area contributed by atoms with E-state index in [0.717, 1.165) is 0 Å². The molecule has 72 valence electrons. The molecule has 1 rings (SSSR count). The van der Waals surface area contributed by atoms with Gasteiger partial charge in [0.1, 0.15) is 11.5 Å². The van der Waals surface area contributed by atoms with Crippen LogP contribution >= 0.6 is 11.6 Å². The number of alkyl halides is 1. The number of aromatic hydroxyl groups is 2. The molecule has 13 heavy (non-hydrogen) atoms. The van der Waals surface area contributed by atoms with E-state index < -0.39 is 0 Å². The topological polar surface area (TPSA) is 40.5 Å². The molecule has 3 heteroatoms. The van der Waals surface area contributed by atoms with Crippen LogP contribution in [0.4, 0.5) is 0 Å². The van der Waals surface area contributed by atoms with Gasteiger partial charge in [-0.15, -0.1) is 11.6 Å². The molecule has 0 bridgehead atoms. The smallest absolute Gasteiger partial charge is 0.123 e. The Labute approximate surface area is 82.8 Å². The van der Waals surface area contributed by atoms with Crippen LogP contribution in [-0.4, -0.2) is 10.2 Å². The zero-order valence-electron chi connectivity index (χ0n) is 7.98. The lowest BCUT2D eigenvalue weighted by molar-refractivity contribution is 0.445. The Kier molecular flexibility index (Phi) is 2.71. The molecule has 0 saturated heterocycles. The minimum atomic E-state index is 0.197. The SMILES string of the molecule is Cc1c(C)c(O)c(CCl)c(C)c1O. The summed E-state index contributed by atoms with van der Waals surface area (Å²) in [6.07, 6.45) is 0. The third-order valence-corrected chi connectivity index (χ3v) is 2.77. The molecule has 0 aliphatic rings. The van der Waals surface area contributed by atoms with E-state index in [0.29, 0.717) is 22.3 Å². The molecule has 0 atom stereocenters. The minimum absolute atomic E-state index is 0.197. The predicted octanol–water partition coefficient (Wildman–Crippen LogP) is 2.76. The molecule has 0 aliphatic carbocycles. The second-order valence-corrected chi connectivity index (χ2v) is 3.45. The lowest BCUT2D eigenvalue weighted by Crippen LogP contribution is -1.93. The van der Waals surface area contributed by atoms with E-state index in [2.05, 4.69) is 0 Å². The third-order valence-electron chi connectivity index (χ3n) is 2.50. The van der Waals surface area contributed by atoms with E-state index in [1.807, 2.05) is 0 Å². The van der Waals surface area contributed by atoms with Gasteiger partial charge < -0.3 is 10.2 Å². The Hall–Kier alpha value is -0.890. The van der Waals surface area contributed by atoms with Crippen molar-refractivity contribution in [3.05, 3.63) is 22.3 Å². The first-order chi connectivity index (χ1) is 6.00. The van der Waals surface area contributed by atoms with Crippen molar-refractivity contribution in [3.63, 3.8) is 0 Å². The standard InChI is InChI=1S/C10H13ClO2/c1-5-6(2)10(13)8(4-11)7(3)9(5)12/h12-13H,4H2,1-3H3. The average molecular weight is 201 g/mol. The molecule has 0 amide bonds. The molecule has 0 saturated carbocycles. The van der Waals surface area contributed by atoms with Gasteiger partial charge in [0.15, 0.2) is 0 Å². The summed E-state index contributed by atoms with van der Waals surface area (Å²) in [5.74, 6) is 0.639. The average Bonchev–Trinajstić information content (AvgIpc) is 2.13. The van der Waals surface area contributed by atoms with E-state index in [-0.39, 0.29) is 17.4 Å². The largest absolute Gasteiger partial charge is 0.507 e. The number of hydrogen-bond donors (Lipinski definition) is 2. The van der Waals surface area contributed by atoms with Gasteiger partial charge in [0.2, 0.25) is 0 Å². The fourth-order valence-corrected chi connectivity index (χ4v) is 1.67. The Morgan fingerprint density at radius 2 is 1.38 bits per heavy atom. The highest BCUT2D eigenvalue weighted by Crippen LogP contribution is 2.36. The van der Waals surface area contributed by atoms with E-state index in [4.69, 9.17) is 11.6 Å². The highest BCUT2D eigenvalue weighted by atomic mass is 35.5. The summed E-state index contributed by atoms with van der Waals surface area (Å²) >= 11 is 5.66. The van der Waals surface area contributed by atoms with Crippen LogP contribution in [0.1, 0.15) is 22.3 Å². The van der Waals surface area contributed by atoms with Gasteiger partial charge in [-0.3, -0.25) is 0 Å². The Balaban J connectivity index is 3.56. The Morgan fingerprint density at radius 3 is 1.85 bits per heavy atom. The molecule has 0 fully saturated rings. The molecule has 1 aromatic carbocycles. The van der Waals surface area contributed by atoms with Crippen LogP contribution in [0.2, 0.25) is 0 Å². The molecule has 1 aromatic rings. The van der Waals surface area contributed by atoms with Crippen LogP contribution in [0.25, 0.3) is 0 Å². The molecule has 0 spiro atoms. The molecule has 0 aliphatic heterocycles. The van der Waals surface area contributed by atoms with Crippen molar-refractivity contribution in [2.45, 2.75) is 26.7 Å². The number of benzene rings is 1. The Bertz CT molecular complexity index is 316. The lowest BCUT2D eigenvalue weighted by atomic mass is 9.98. The summed E-state index contributed by atoms with van der Waals surface area (Å²) in [5.41, 5.74) is 2.68. The molecular weight excluding hydrogens is 188 g/mol. The van der Waals surface area contributed by atoms with E-state index in [9.17, 15) is 10.2 Å². The van der Waals surface area contributed by atoms with Crippen LogP contribution < -0.4 is 0 Å². The van der Waals surface area contributed by atoms with Gasteiger partial charge in [0, 0.05) is 5.56 Å². The maximum atomic E-state index is 9.69. The van der Waals surface area contributed by atoms with Crippen LogP contribution in [0.5, 0.6) is 11.5 Å². The van der Waals surface area contributed by atoms with Gasteiger partial charge >= 0.3 is 0 Å². The van der Waals surface area contributed by atoms with Crippen molar-refractivity contribution in [2.24, 2.45) is 0 Å². The van der Waals surface area contributed by atoms with Crippen molar-refractivity contribution in [2.75, 3.05) is 0 Å². The second kappa shape index (κ2) is 3.46. The minimum Gasteiger partial charge on any atom is -0.507 e. The van der Waals surface area contributed by atoms with Gasteiger partial charge in [-0.25, -0.2) is 0 Å². The van der Waals surface area contributed by atoms with Gasteiger partial charge in [0.25, 0.3) is 0 Å². The molecule has 0 unspecified atom stereocenters. The summed E-state index contributed by atoms with van der Waals surface area (Å²) in [5, 5.41) is 19.3. The fraction of sp³-hybridized carbons (Fsp3) is 0.400. The first-order valence-corrected chi connectivity index (χ1v) is 4.60. The number of phenols is 2. The maximum Gasteiger partial charge on any atom is 0.123 e. The fourth-order valence-electron chi connectivity index (χ4n) is 1.35. The van der Waals surface area contributed by atoms with Crippen LogP contribution in [0.15, 0.2) is 0 Å². The Morgan fingerprint density at radius 1 is 0.923 bits per heavy atom. The number of phenolic OH excluding ortho intramolecular Hbond substituents is 2. The molecule has 2 N–H and O–H groups in total. The highest BCUT2D eigenvalue weighted by molar-refractivity contribution is 6.17. The summed E-state index contributed by atoms with van der Waals surface area (Å²) in [4.78, 5) is 0. The predicted molar refractivity (Wildman–Crippen MR) is 53.5 cm³/mol. The van der Waals surface area contributed by atoms with Gasteiger partial charge in [-0.05, 0) is 37.5 Å². The third kappa shape index (κ3) is 1.46. The maximum absolute atomic E-state index is 9.69. The second-order valence-electron chi connectivity index (χ2n) is 3.18. The molecule has 0 heterocycles. The monoisotopic (exact) mass is 200 g/mol. The van der Waals surface area contributed by atoms with E-state index in [1.54, 1.807) is 20.8 Å². The van der Waals surface area contributed by atoms with Crippen LogP contribution in [0.3, 0.4) is 0 Å². The van der Waals surface area contributed by atoms with Crippen molar-refractivity contribution >= 4 is 11.6 Å². The summed E-state index contributed by atoms with van der Waals surface area (Å²) in [7, 11) is 0. The molecule has 0 radical (unpaired) electrons. The summed E-state index contributed by atoms with van der Waals surface area (Å²) in [6, 6.07) is 0. The zero-order valence-corrected chi connectivity index (χ0v) is 8.74. The normalized spacial score (nSPS) is 10.5. The van der Waals surface area contributed by atoms with Gasteiger partial charge in [-0.1, -0.05) is 0 Å². The number of rotatable bonds is 1. The number of hydrogen-bond acceptors (Lipinski definition) is 2. The van der Waals surface area contributed by atoms with Gasteiger partial charge in [0.05, 0.1) is 5.88 Å². The van der Waals surface area contributed by atoms with Crippen LogP contribution in [-0.2, 0) is 5.88 Å². The van der Waals surface area contributed by atoms with Crippen molar-refractivity contribution in [1.29, 1.82) is 0 Å². The number of halogens is 1. The first-order valence-electron chi connectivity index (χ1n) is 4.07.